The van der Waals surface area contributed by atoms with Gasteiger partial charge in [-0.15, -0.1) is 0 Å². The number of hydrogen-bond donors (Lipinski definition) is 1. The molecule has 2 atom stereocenters. The first-order valence-corrected chi connectivity index (χ1v) is 5.35. The van der Waals surface area contributed by atoms with E-state index in [4.69, 9.17) is 5.26 Å². The summed E-state index contributed by atoms with van der Waals surface area (Å²) in [6.45, 7) is 3.14. The number of hydrogen-bond acceptors (Lipinski definition) is 4. The van der Waals surface area contributed by atoms with E-state index in [0.29, 0.717) is 6.54 Å². The number of piperazine rings is 1. The van der Waals surface area contributed by atoms with E-state index in [1.54, 1.807) is 4.90 Å². The van der Waals surface area contributed by atoms with Gasteiger partial charge in [-0.3, -0.25) is 9.69 Å². The second kappa shape index (κ2) is 4.17. The number of likely N-dealkylation sites (N-methyl/N-ethyl adjacent to an activating group) is 1. The number of nitriles is 1. The third kappa shape index (κ3) is 1.83. The second-order valence-electron chi connectivity index (χ2n) is 4.15. The lowest BCUT2D eigenvalue weighted by Crippen LogP contribution is -2.56. The molecule has 2 fully saturated rings. The van der Waals surface area contributed by atoms with Crippen LogP contribution in [0.15, 0.2) is 0 Å². The molecule has 0 aliphatic carbocycles. The van der Waals surface area contributed by atoms with E-state index >= 15 is 0 Å². The minimum absolute atomic E-state index is 0.0678. The number of rotatable bonds is 1. The molecule has 0 aromatic heterocycles. The molecule has 5 heteroatoms. The molecule has 2 heterocycles. The first-order chi connectivity index (χ1) is 7.24. The Kier molecular flexibility index (Phi) is 2.89. The first kappa shape index (κ1) is 10.4. The van der Waals surface area contributed by atoms with Crippen molar-refractivity contribution in [2.45, 2.75) is 18.5 Å². The number of nitrogens with zero attached hydrogens (tertiary/aromatic N) is 3. The fraction of sp³-hybridized carbons (Fsp3) is 0.800. The van der Waals surface area contributed by atoms with Gasteiger partial charge in [0.2, 0.25) is 5.91 Å². The van der Waals surface area contributed by atoms with Crippen LogP contribution in [0.5, 0.6) is 0 Å². The van der Waals surface area contributed by atoms with E-state index in [9.17, 15) is 4.79 Å². The Morgan fingerprint density at radius 1 is 1.53 bits per heavy atom. The summed E-state index contributed by atoms with van der Waals surface area (Å²) in [7, 11) is 1.83. The highest BCUT2D eigenvalue weighted by Gasteiger charge is 2.38. The molecule has 2 rings (SSSR count). The molecular weight excluding hydrogens is 192 g/mol. The summed E-state index contributed by atoms with van der Waals surface area (Å²) in [5.41, 5.74) is 0. The zero-order valence-corrected chi connectivity index (χ0v) is 8.94. The molecule has 2 aliphatic heterocycles. The van der Waals surface area contributed by atoms with E-state index in [1.165, 1.54) is 0 Å². The summed E-state index contributed by atoms with van der Waals surface area (Å²) < 4.78 is 0. The molecule has 5 nitrogen and oxygen atoms in total. The van der Waals surface area contributed by atoms with Gasteiger partial charge in [-0.2, -0.15) is 5.26 Å². The van der Waals surface area contributed by atoms with Gasteiger partial charge in [0.25, 0.3) is 0 Å². The van der Waals surface area contributed by atoms with Gasteiger partial charge in [0.1, 0.15) is 6.04 Å². The Balaban J connectivity index is 2.09. The maximum absolute atomic E-state index is 11.8. The molecule has 15 heavy (non-hydrogen) atoms. The highest BCUT2D eigenvalue weighted by molar-refractivity contribution is 5.83. The average molecular weight is 208 g/mol. The fourth-order valence-corrected chi connectivity index (χ4v) is 2.32. The molecule has 0 aromatic rings. The molecule has 0 spiro atoms. The number of likely N-dealkylation sites (tertiary alicyclic amines) is 1. The van der Waals surface area contributed by atoms with Crippen LogP contribution >= 0.6 is 0 Å². The van der Waals surface area contributed by atoms with Crippen LogP contribution < -0.4 is 5.32 Å². The van der Waals surface area contributed by atoms with Crippen molar-refractivity contribution in [1.29, 1.82) is 5.26 Å². The zero-order valence-electron chi connectivity index (χ0n) is 8.94. The van der Waals surface area contributed by atoms with Crippen LogP contribution in [0.4, 0.5) is 0 Å². The molecule has 1 amide bonds. The van der Waals surface area contributed by atoms with Crippen LogP contribution in [-0.4, -0.2) is 61.0 Å². The van der Waals surface area contributed by atoms with Crippen molar-refractivity contribution in [3.05, 3.63) is 0 Å². The van der Waals surface area contributed by atoms with Crippen molar-refractivity contribution in [3.63, 3.8) is 0 Å². The molecule has 2 unspecified atom stereocenters. The second-order valence-corrected chi connectivity index (χ2v) is 4.15. The molecule has 2 saturated heterocycles. The molecule has 0 aromatic carbocycles. The van der Waals surface area contributed by atoms with E-state index in [1.807, 2.05) is 11.9 Å². The number of nitrogens with one attached hydrogen (secondary N) is 1. The first-order valence-electron chi connectivity index (χ1n) is 5.35. The van der Waals surface area contributed by atoms with Gasteiger partial charge < -0.3 is 10.2 Å². The van der Waals surface area contributed by atoms with Gasteiger partial charge >= 0.3 is 0 Å². The van der Waals surface area contributed by atoms with Crippen LogP contribution in [0.1, 0.15) is 6.42 Å². The van der Waals surface area contributed by atoms with Crippen molar-refractivity contribution in [1.82, 2.24) is 15.1 Å². The zero-order chi connectivity index (χ0) is 10.8. The Morgan fingerprint density at radius 2 is 2.33 bits per heavy atom. The lowest BCUT2D eigenvalue weighted by atomic mass is 10.1. The van der Waals surface area contributed by atoms with Gasteiger partial charge in [-0.05, 0) is 6.42 Å². The summed E-state index contributed by atoms with van der Waals surface area (Å²) in [4.78, 5) is 15.6. The highest BCUT2D eigenvalue weighted by Crippen LogP contribution is 2.18. The van der Waals surface area contributed by atoms with Gasteiger partial charge in [0, 0.05) is 33.2 Å². The SMILES string of the molecule is CN1CCC(N2CCNCC2C#N)C1=O. The fourth-order valence-electron chi connectivity index (χ4n) is 2.32. The average Bonchev–Trinajstić information content (AvgIpc) is 2.60. The molecule has 1 N–H and O–H groups in total. The predicted molar refractivity (Wildman–Crippen MR) is 55.0 cm³/mol. The number of carbonyl (C=O) groups excluding carboxylic acids is 1. The molecule has 0 saturated carbocycles. The third-order valence-corrected chi connectivity index (χ3v) is 3.23. The summed E-state index contributed by atoms with van der Waals surface area (Å²) in [5.74, 6) is 0.164. The van der Waals surface area contributed by atoms with Crippen molar-refractivity contribution < 1.29 is 4.79 Å². The van der Waals surface area contributed by atoms with Crippen LogP contribution in [0.25, 0.3) is 0 Å². The molecule has 0 radical (unpaired) electrons. The number of amides is 1. The van der Waals surface area contributed by atoms with E-state index < -0.39 is 0 Å². The van der Waals surface area contributed by atoms with Crippen LogP contribution in [-0.2, 0) is 4.79 Å². The standard InChI is InChI=1S/C10H16N4O/c1-13-4-2-9(10(13)15)14-5-3-12-7-8(14)6-11/h8-9,12H,2-5,7H2,1H3. The van der Waals surface area contributed by atoms with E-state index in [2.05, 4.69) is 11.4 Å². The molecule has 82 valence electrons. The van der Waals surface area contributed by atoms with Gasteiger partial charge in [-0.25, -0.2) is 0 Å². The monoisotopic (exact) mass is 208 g/mol. The lowest BCUT2D eigenvalue weighted by molar-refractivity contribution is -0.131. The molecule has 2 aliphatic rings. The van der Waals surface area contributed by atoms with Crippen molar-refractivity contribution in [3.8, 4) is 6.07 Å². The Morgan fingerprint density at radius 3 is 2.93 bits per heavy atom. The Labute approximate surface area is 89.6 Å². The van der Waals surface area contributed by atoms with E-state index in [-0.39, 0.29) is 18.0 Å². The Bertz CT molecular complexity index is 298. The maximum Gasteiger partial charge on any atom is 0.239 e. The number of carbonyl (C=O) groups is 1. The van der Waals surface area contributed by atoms with E-state index in [0.717, 1.165) is 26.1 Å². The van der Waals surface area contributed by atoms with Gasteiger partial charge in [-0.1, -0.05) is 0 Å². The Hall–Kier alpha value is -1.12. The van der Waals surface area contributed by atoms with Crippen molar-refractivity contribution in [2.24, 2.45) is 0 Å². The van der Waals surface area contributed by atoms with Crippen LogP contribution in [0.2, 0.25) is 0 Å². The maximum atomic E-state index is 11.8. The smallest absolute Gasteiger partial charge is 0.239 e. The summed E-state index contributed by atoms with van der Waals surface area (Å²) in [6.07, 6.45) is 0.855. The molecular formula is C10H16N4O. The normalized spacial score (nSPS) is 33.1. The minimum atomic E-state index is -0.154. The minimum Gasteiger partial charge on any atom is -0.344 e. The highest BCUT2D eigenvalue weighted by atomic mass is 16.2. The summed E-state index contributed by atoms with van der Waals surface area (Å²) in [6, 6.07) is 2.04. The summed E-state index contributed by atoms with van der Waals surface area (Å²) >= 11 is 0. The predicted octanol–water partition coefficient (Wildman–Crippen LogP) is -0.986. The van der Waals surface area contributed by atoms with Crippen LogP contribution in [0, 0.1) is 11.3 Å². The van der Waals surface area contributed by atoms with Crippen LogP contribution in [0.3, 0.4) is 0 Å². The van der Waals surface area contributed by atoms with Crippen molar-refractivity contribution in [2.75, 3.05) is 33.2 Å². The summed E-state index contributed by atoms with van der Waals surface area (Å²) in [5, 5.41) is 12.2. The van der Waals surface area contributed by atoms with Crippen molar-refractivity contribution >= 4 is 5.91 Å². The topological polar surface area (TPSA) is 59.4 Å². The quantitative estimate of drug-likeness (QED) is 0.601. The third-order valence-electron chi connectivity index (χ3n) is 3.23. The van der Waals surface area contributed by atoms with Gasteiger partial charge in [0.15, 0.2) is 0 Å². The molecule has 0 bridgehead atoms. The van der Waals surface area contributed by atoms with Gasteiger partial charge in [0.05, 0.1) is 12.1 Å². The largest absolute Gasteiger partial charge is 0.344 e. The lowest BCUT2D eigenvalue weighted by Gasteiger charge is -2.35.